The van der Waals surface area contributed by atoms with E-state index in [-0.39, 0.29) is 0 Å². The molecule has 0 atom stereocenters. The van der Waals surface area contributed by atoms with E-state index in [1.807, 2.05) is 0 Å². The molecule has 0 spiro atoms. The molecule has 78 valence electrons. The van der Waals surface area contributed by atoms with Crippen LogP contribution in [0.25, 0.3) is 5.69 Å². The summed E-state index contributed by atoms with van der Waals surface area (Å²) in [7, 11) is 0. The Labute approximate surface area is 98.3 Å². The van der Waals surface area contributed by atoms with Crippen LogP contribution in [0.5, 0.6) is 0 Å². The van der Waals surface area contributed by atoms with Crippen molar-refractivity contribution in [3.8, 4) is 5.69 Å². The molecule has 0 fully saturated rings. The van der Waals surface area contributed by atoms with Crippen molar-refractivity contribution in [2.45, 2.75) is 19.9 Å². The molecule has 0 aliphatic rings. The Hall–Kier alpha value is -1.09. The zero-order valence-electron chi connectivity index (χ0n) is 8.73. The van der Waals surface area contributed by atoms with Gasteiger partial charge in [0, 0.05) is 4.47 Å². The normalized spacial score (nSPS) is 10.5. The quantitative estimate of drug-likeness (QED) is 0.755. The lowest BCUT2D eigenvalue weighted by Gasteiger charge is -1.95. The zero-order valence-corrected chi connectivity index (χ0v) is 10.3. The first kappa shape index (κ1) is 10.4. The summed E-state index contributed by atoms with van der Waals surface area (Å²) < 4.78 is 5.43. The summed E-state index contributed by atoms with van der Waals surface area (Å²) in [5.41, 5.74) is 1.19. The van der Waals surface area contributed by atoms with Gasteiger partial charge < -0.3 is 0 Å². The van der Waals surface area contributed by atoms with Gasteiger partial charge in [0.05, 0.1) is 6.54 Å². The third kappa shape index (κ3) is 2.48. The third-order valence-electron chi connectivity index (χ3n) is 2.30. The monoisotopic (exact) mass is 265 g/mol. The van der Waals surface area contributed by atoms with Crippen LogP contribution in [-0.2, 0) is 6.54 Å². The van der Waals surface area contributed by atoms with Crippen molar-refractivity contribution in [1.29, 1.82) is 0 Å². The van der Waals surface area contributed by atoms with Gasteiger partial charge in [0.25, 0.3) is 0 Å². The lowest BCUT2D eigenvalue weighted by Crippen LogP contribution is -2.30. The van der Waals surface area contributed by atoms with E-state index in [2.05, 4.69) is 75.0 Å². The lowest BCUT2D eigenvalue weighted by molar-refractivity contribution is -0.696. The summed E-state index contributed by atoms with van der Waals surface area (Å²) in [5, 5.41) is 0. The molecule has 1 aromatic carbocycles. The maximum atomic E-state index is 3.43. The van der Waals surface area contributed by atoms with Gasteiger partial charge in [-0.2, -0.15) is 0 Å². The number of aromatic nitrogens is 2. The summed E-state index contributed by atoms with van der Waals surface area (Å²) >= 11 is 3.43. The Kier molecular flexibility index (Phi) is 3.21. The predicted molar refractivity (Wildman–Crippen MR) is 64.0 cm³/mol. The van der Waals surface area contributed by atoms with E-state index in [0.717, 1.165) is 17.4 Å². The first-order valence-corrected chi connectivity index (χ1v) is 5.92. The second kappa shape index (κ2) is 4.62. The average molecular weight is 266 g/mol. The van der Waals surface area contributed by atoms with Crippen molar-refractivity contribution in [2.75, 3.05) is 0 Å². The molecule has 0 unspecified atom stereocenters. The van der Waals surface area contributed by atoms with Gasteiger partial charge in [-0.1, -0.05) is 22.9 Å². The van der Waals surface area contributed by atoms with Crippen molar-refractivity contribution in [2.24, 2.45) is 0 Å². The van der Waals surface area contributed by atoms with Crippen LogP contribution >= 0.6 is 15.9 Å². The Morgan fingerprint density at radius 3 is 2.67 bits per heavy atom. The van der Waals surface area contributed by atoms with Gasteiger partial charge >= 0.3 is 0 Å². The van der Waals surface area contributed by atoms with E-state index in [4.69, 9.17) is 0 Å². The molecule has 2 nitrogen and oxygen atoms in total. The molecule has 0 radical (unpaired) electrons. The summed E-state index contributed by atoms with van der Waals surface area (Å²) in [4.78, 5) is 0. The highest BCUT2D eigenvalue weighted by molar-refractivity contribution is 9.10. The minimum absolute atomic E-state index is 1.07. The van der Waals surface area contributed by atoms with Gasteiger partial charge in [-0.3, -0.25) is 0 Å². The number of rotatable bonds is 3. The van der Waals surface area contributed by atoms with Crippen molar-refractivity contribution >= 4 is 15.9 Å². The molecular formula is C12H14BrN2+. The number of imidazole rings is 1. The van der Waals surface area contributed by atoms with Gasteiger partial charge in [-0.25, -0.2) is 9.13 Å². The maximum Gasteiger partial charge on any atom is 0.248 e. The fraction of sp³-hybridized carbons (Fsp3) is 0.250. The maximum absolute atomic E-state index is 3.43. The highest BCUT2D eigenvalue weighted by Gasteiger charge is 2.04. The molecule has 0 aliphatic carbocycles. The topological polar surface area (TPSA) is 8.81 Å². The molecule has 3 heteroatoms. The van der Waals surface area contributed by atoms with Gasteiger partial charge in [0.15, 0.2) is 0 Å². The molecule has 0 saturated heterocycles. The van der Waals surface area contributed by atoms with Crippen molar-refractivity contribution in [3.63, 3.8) is 0 Å². The molecule has 2 rings (SSSR count). The number of halogens is 1. The second-order valence-corrected chi connectivity index (χ2v) is 4.45. The van der Waals surface area contributed by atoms with Crippen LogP contribution in [0.3, 0.4) is 0 Å². The van der Waals surface area contributed by atoms with Gasteiger partial charge in [0.1, 0.15) is 18.1 Å². The largest absolute Gasteiger partial charge is 0.248 e. The van der Waals surface area contributed by atoms with Crippen LogP contribution < -0.4 is 4.57 Å². The third-order valence-corrected chi connectivity index (χ3v) is 2.83. The number of hydrogen-bond acceptors (Lipinski definition) is 0. The zero-order chi connectivity index (χ0) is 10.7. The van der Waals surface area contributed by atoms with Crippen LogP contribution in [0, 0.1) is 0 Å². The van der Waals surface area contributed by atoms with Gasteiger partial charge in [0.2, 0.25) is 6.33 Å². The highest BCUT2D eigenvalue weighted by Crippen LogP contribution is 2.13. The minimum Gasteiger partial charge on any atom is -0.236 e. The second-order valence-electron chi connectivity index (χ2n) is 3.54. The smallest absolute Gasteiger partial charge is 0.236 e. The SMILES string of the molecule is CCC[n+]1ccn(-c2ccc(Br)cc2)c1. The van der Waals surface area contributed by atoms with E-state index in [9.17, 15) is 0 Å². The number of hydrogen-bond donors (Lipinski definition) is 0. The van der Waals surface area contributed by atoms with E-state index >= 15 is 0 Å². The van der Waals surface area contributed by atoms with Crippen LogP contribution in [-0.4, -0.2) is 4.57 Å². The number of benzene rings is 1. The molecular weight excluding hydrogens is 252 g/mol. The first-order valence-electron chi connectivity index (χ1n) is 5.12. The Balaban J connectivity index is 2.25. The standard InChI is InChI=1S/C12H14BrN2/c1-2-7-14-8-9-15(10-14)12-5-3-11(13)4-6-12/h3-6,8-10H,2,7H2,1H3/q+1. The van der Waals surface area contributed by atoms with Crippen molar-refractivity contribution in [1.82, 2.24) is 4.57 Å². The number of nitrogens with zero attached hydrogens (tertiary/aromatic N) is 2. The van der Waals surface area contributed by atoms with Gasteiger partial charge in [-0.15, -0.1) is 0 Å². The summed E-state index contributed by atoms with van der Waals surface area (Å²) in [6, 6.07) is 8.31. The van der Waals surface area contributed by atoms with E-state index in [0.29, 0.717) is 0 Å². The van der Waals surface area contributed by atoms with Crippen LogP contribution in [0.2, 0.25) is 0 Å². The molecule has 1 heterocycles. The summed E-state index contributed by atoms with van der Waals surface area (Å²) in [6.07, 6.45) is 7.46. The molecule has 0 aliphatic heterocycles. The Bertz CT molecular complexity index is 431. The van der Waals surface area contributed by atoms with Crippen LogP contribution in [0.4, 0.5) is 0 Å². The van der Waals surface area contributed by atoms with E-state index in [1.165, 1.54) is 5.69 Å². The minimum atomic E-state index is 1.07. The van der Waals surface area contributed by atoms with Crippen LogP contribution in [0.1, 0.15) is 13.3 Å². The van der Waals surface area contributed by atoms with Crippen molar-refractivity contribution < 1.29 is 4.57 Å². The first-order chi connectivity index (χ1) is 7.29. The fourth-order valence-electron chi connectivity index (χ4n) is 1.55. The summed E-state index contributed by atoms with van der Waals surface area (Å²) in [6.45, 7) is 3.26. The molecule has 0 bridgehead atoms. The van der Waals surface area contributed by atoms with E-state index < -0.39 is 0 Å². The molecule has 15 heavy (non-hydrogen) atoms. The highest BCUT2D eigenvalue weighted by atomic mass is 79.9. The average Bonchev–Trinajstić information content (AvgIpc) is 2.68. The van der Waals surface area contributed by atoms with Crippen molar-refractivity contribution in [3.05, 3.63) is 47.5 Å². The molecule has 0 N–H and O–H groups in total. The van der Waals surface area contributed by atoms with Gasteiger partial charge in [-0.05, 0) is 30.7 Å². The predicted octanol–water partition coefficient (Wildman–Crippen LogP) is 2.94. The Morgan fingerprint density at radius 2 is 2.00 bits per heavy atom. The molecule has 0 amide bonds. The lowest BCUT2D eigenvalue weighted by atomic mass is 10.3. The Morgan fingerprint density at radius 1 is 1.27 bits per heavy atom. The fourth-order valence-corrected chi connectivity index (χ4v) is 1.81. The molecule has 1 aromatic heterocycles. The molecule has 0 saturated carbocycles. The van der Waals surface area contributed by atoms with E-state index in [1.54, 1.807) is 0 Å². The number of aryl methyl sites for hydroxylation is 1. The molecule has 2 aromatic rings. The van der Waals surface area contributed by atoms with Crippen LogP contribution in [0.15, 0.2) is 47.5 Å². The summed E-state index contributed by atoms with van der Waals surface area (Å²) in [5.74, 6) is 0.